The van der Waals surface area contributed by atoms with Crippen LogP contribution in [0.15, 0.2) is 29.3 Å². The van der Waals surface area contributed by atoms with E-state index in [1.54, 1.807) is 24.3 Å². The van der Waals surface area contributed by atoms with Gasteiger partial charge in [-0.25, -0.2) is 4.79 Å². The minimum atomic E-state index is -0.803. The van der Waals surface area contributed by atoms with Crippen LogP contribution in [0.3, 0.4) is 0 Å². The number of carbonyl (C=O) groups excluding carboxylic acids is 1. The van der Waals surface area contributed by atoms with Crippen LogP contribution < -0.4 is 4.74 Å². The predicted octanol–water partition coefficient (Wildman–Crippen LogP) is 1.60. The van der Waals surface area contributed by atoms with Crippen molar-refractivity contribution >= 4 is 6.08 Å². The zero-order chi connectivity index (χ0) is 10.4. The van der Waals surface area contributed by atoms with Gasteiger partial charge in [-0.05, 0) is 17.7 Å². The number of methoxy groups -OCH3 is 1. The molecule has 1 aromatic rings. The SMILES string of the molecule is COc1cccc(C(C#N)N=C=O)c1. The molecule has 0 fully saturated rings. The minimum Gasteiger partial charge on any atom is -0.497 e. The number of aliphatic imine (C=N–C) groups is 1. The van der Waals surface area contributed by atoms with E-state index < -0.39 is 6.04 Å². The fourth-order valence-corrected chi connectivity index (χ4v) is 1.04. The zero-order valence-corrected chi connectivity index (χ0v) is 7.60. The summed E-state index contributed by atoms with van der Waals surface area (Å²) in [5.74, 6) is 0.629. The maximum atomic E-state index is 10.0. The topological polar surface area (TPSA) is 62.4 Å². The highest BCUT2D eigenvalue weighted by Gasteiger charge is 2.08. The first-order valence-electron chi connectivity index (χ1n) is 3.92. The van der Waals surface area contributed by atoms with Crippen LogP contribution >= 0.6 is 0 Å². The average Bonchev–Trinajstić information content (AvgIpc) is 2.26. The molecule has 4 nitrogen and oxygen atoms in total. The van der Waals surface area contributed by atoms with Gasteiger partial charge in [0.1, 0.15) is 5.75 Å². The van der Waals surface area contributed by atoms with E-state index in [0.29, 0.717) is 11.3 Å². The second kappa shape index (κ2) is 4.80. The summed E-state index contributed by atoms with van der Waals surface area (Å²) in [7, 11) is 1.53. The fraction of sp³-hybridized carbons (Fsp3) is 0.200. The Kier molecular flexibility index (Phi) is 3.42. The van der Waals surface area contributed by atoms with Crippen molar-refractivity contribution in [3.63, 3.8) is 0 Å². The Bertz CT molecular complexity index is 403. The number of nitrogens with zero attached hydrogens (tertiary/aromatic N) is 2. The molecular formula is C10H8N2O2. The van der Waals surface area contributed by atoms with Crippen LogP contribution in [0.25, 0.3) is 0 Å². The summed E-state index contributed by atoms with van der Waals surface area (Å²) in [4.78, 5) is 13.4. The lowest BCUT2D eigenvalue weighted by atomic mass is 10.1. The molecule has 0 aliphatic rings. The molecule has 1 rings (SSSR count). The second-order valence-corrected chi connectivity index (χ2v) is 2.53. The van der Waals surface area contributed by atoms with E-state index in [9.17, 15) is 4.79 Å². The van der Waals surface area contributed by atoms with E-state index in [1.165, 1.54) is 13.2 Å². The maximum Gasteiger partial charge on any atom is 0.236 e. The highest BCUT2D eigenvalue weighted by molar-refractivity contribution is 5.39. The molecule has 1 unspecified atom stereocenters. The molecule has 1 aromatic carbocycles. The van der Waals surface area contributed by atoms with Gasteiger partial charge in [-0.3, -0.25) is 0 Å². The third-order valence-corrected chi connectivity index (χ3v) is 1.71. The smallest absolute Gasteiger partial charge is 0.236 e. The molecule has 0 spiro atoms. The van der Waals surface area contributed by atoms with Gasteiger partial charge in [0.15, 0.2) is 6.04 Å². The van der Waals surface area contributed by atoms with Gasteiger partial charge in [-0.15, -0.1) is 0 Å². The molecule has 1 atom stereocenters. The summed E-state index contributed by atoms with van der Waals surface area (Å²) in [6.07, 6.45) is 1.37. The molecule has 0 aliphatic carbocycles. The van der Waals surface area contributed by atoms with E-state index in [4.69, 9.17) is 10.00 Å². The van der Waals surface area contributed by atoms with Crippen LogP contribution in [0, 0.1) is 11.3 Å². The number of isocyanates is 1. The van der Waals surface area contributed by atoms with Crippen molar-refractivity contribution in [2.45, 2.75) is 6.04 Å². The third kappa shape index (κ3) is 2.19. The average molecular weight is 188 g/mol. The van der Waals surface area contributed by atoms with Crippen LogP contribution in [0.5, 0.6) is 5.75 Å². The molecule has 4 heteroatoms. The Labute approximate surface area is 81.5 Å². The van der Waals surface area contributed by atoms with Crippen molar-refractivity contribution in [2.24, 2.45) is 4.99 Å². The fourth-order valence-electron chi connectivity index (χ4n) is 1.04. The van der Waals surface area contributed by atoms with Gasteiger partial charge in [-0.2, -0.15) is 10.3 Å². The monoisotopic (exact) mass is 188 g/mol. The van der Waals surface area contributed by atoms with Crippen molar-refractivity contribution in [3.8, 4) is 11.8 Å². The number of rotatable bonds is 3. The van der Waals surface area contributed by atoms with E-state index in [-0.39, 0.29) is 0 Å². The van der Waals surface area contributed by atoms with Gasteiger partial charge >= 0.3 is 0 Å². The highest BCUT2D eigenvalue weighted by Crippen LogP contribution is 2.20. The van der Waals surface area contributed by atoms with Crippen molar-refractivity contribution in [1.29, 1.82) is 5.26 Å². The minimum absolute atomic E-state index is 0.621. The molecule has 0 radical (unpaired) electrons. The number of ether oxygens (including phenoxy) is 1. The predicted molar refractivity (Wildman–Crippen MR) is 49.5 cm³/mol. The summed E-state index contributed by atoms with van der Waals surface area (Å²) >= 11 is 0. The number of hydrogen-bond acceptors (Lipinski definition) is 4. The summed E-state index contributed by atoms with van der Waals surface area (Å²) in [5, 5.41) is 8.71. The van der Waals surface area contributed by atoms with E-state index in [0.717, 1.165) is 0 Å². The highest BCUT2D eigenvalue weighted by atomic mass is 16.5. The quantitative estimate of drug-likeness (QED) is 0.534. The molecular weight excluding hydrogens is 180 g/mol. The molecule has 0 heterocycles. The van der Waals surface area contributed by atoms with Gasteiger partial charge in [0.2, 0.25) is 6.08 Å². The van der Waals surface area contributed by atoms with Crippen LogP contribution in [0.4, 0.5) is 0 Å². The lowest BCUT2D eigenvalue weighted by molar-refractivity contribution is 0.414. The van der Waals surface area contributed by atoms with Gasteiger partial charge in [0.05, 0.1) is 13.2 Å². The lowest BCUT2D eigenvalue weighted by Crippen LogP contribution is -1.92. The van der Waals surface area contributed by atoms with Crippen LogP contribution in [-0.2, 0) is 4.79 Å². The molecule has 0 bridgehead atoms. The molecule has 0 aromatic heterocycles. The van der Waals surface area contributed by atoms with Crippen molar-refractivity contribution in [2.75, 3.05) is 7.11 Å². The molecule has 0 amide bonds. The van der Waals surface area contributed by atoms with Crippen LogP contribution in [0.1, 0.15) is 11.6 Å². The van der Waals surface area contributed by atoms with Gasteiger partial charge in [0.25, 0.3) is 0 Å². The van der Waals surface area contributed by atoms with E-state index in [2.05, 4.69) is 4.99 Å². The van der Waals surface area contributed by atoms with E-state index in [1.807, 2.05) is 6.07 Å². The van der Waals surface area contributed by atoms with Crippen molar-refractivity contribution in [3.05, 3.63) is 29.8 Å². The lowest BCUT2D eigenvalue weighted by Gasteiger charge is -2.04. The standard InChI is InChI=1S/C10H8N2O2/c1-14-9-4-2-3-8(5-9)10(6-11)12-7-13/h2-5,10H,1H3. The van der Waals surface area contributed by atoms with Crippen molar-refractivity contribution in [1.82, 2.24) is 0 Å². The maximum absolute atomic E-state index is 10.0. The molecule has 70 valence electrons. The number of nitriles is 1. The Morgan fingerprint density at radius 1 is 1.57 bits per heavy atom. The Morgan fingerprint density at radius 2 is 2.36 bits per heavy atom. The Morgan fingerprint density at radius 3 is 2.93 bits per heavy atom. The van der Waals surface area contributed by atoms with E-state index >= 15 is 0 Å². The zero-order valence-electron chi connectivity index (χ0n) is 7.60. The van der Waals surface area contributed by atoms with Crippen LogP contribution in [0.2, 0.25) is 0 Å². The molecule has 0 aliphatic heterocycles. The summed E-state index contributed by atoms with van der Waals surface area (Å²) in [6.45, 7) is 0. The Hall–Kier alpha value is -2.11. The second-order valence-electron chi connectivity index (χ2n) is 2.53. The normalized spacial score (nSPS) is 10.9. The van der Waals surface area contributed by atoms with Gasteiger partial charge < -0.3 is 4.74 Å². The summed E-state index contributed by atoms with van der Waals surface area (Å²) in [5.41, 5.74) is 0.621. The number of hydrogen-bond donors (Lipinski definition) is 0. The Balaban J connectivity index is 3.05. The summed E-state index contributed by atoms with van der Waals surface area (Å²) < 4.78 is 4.98. The first-order valence-corrected chi connectivity index (χ1v) is 3.92. The first kappa shape index (κ1) is 9.97. The first-order chi connectivity index (χ1) is 6.81. The van der Waals surface area contributed by atoms with Crippen molar-refractivity contribution < 1.29 is 9.53 Å². The molecule has 0 saturated carbocycles. The number of benzene rings is 1. The third-order valence-electron chi connectivity index (χ3n) is 1.71. The molecule has 14 heavy (non-hydrogen) atoms. The van der Waals surface area contributed by atoms with Gasteiger partial charge in [0, 0.05) is 0 Å². The summed E-state index contributed by atoms with van der Waals surface area (Å²) in [6, 6.07) is 7.94. The largest absolute Gasteiger partial charge is 0.497 e. The van der Waals surface area contributed by atoms with Gasteiger partial charge in [-0.1, -0.05) is 12.1 Å². The van der Waals surface area contributed by atoms with Crippen LogP contribution in [-0.4, -0.2) is 13.2 Å². The molecule has 0 N–H and O–H groups in total. The molecule has 0 saturated heterocycles.